The Labute approximate surface area is 173 Å². The molecule has 8 heteroatoms. The molecule has 152 valence electrons. The van der Waals surface area contributed by atoms with Gasteiger partial charge in [0, 0.05) is 17.6 Å². The van der Waals surface area contributed by atoms with Crippen molar-refractivity contribution in [2.45, 2.75) is 6.92 Å². The van der Waals surface area contributed by atoms with E-state index in [0.29, 0.717) is 44.5 Å². The quantitative estimate of drug-likeness (QED) is 0.552. The highest BCUT2D eigenvalue weighted by Crippen LogP contribution is 2.40. The molecule has 0 spiro atoms. The second kappa shape index (κ2) is 8.87. The van der Waals surface area contributed by atoms with Crippen LogP contribution in [0, 0.1) is 0 Å². The fourth-order valence-corrected chi connectivity index (χ4v) is 3.19. The maximum Gasteiger partial charge on any atom is 0.341 e. The molecule has 1 heterocycles. The second-order valence-corrected chi connectivity index (χ2v) is 6.34. The summed E-state index contributed by atoms with van der Waals surface area (Å²) in [5, 5.41) is 4.33. The number of nitrogens with one attached hydrogen (secondary N) is 1. The van der Waals surface area contributed by atoms with E-state index in [1.165, 1.54) is 20.4 Å². The van der Waals surface area contributed by atoms with Gasteiger partial charge in [-0.1, -0.05) is 23.7 Å². The highest BCUT2D eigenvalue weighted by molar-refractivity contribution is 6.32. The molecule has 0 aliphatic rings. The summed E-state index contributed by atoms with van der Waals surface area (Å²) in [6.45, 7) is 1.99. The number of ether oxygens (including phenoxy) is 4. The summed E-state index contributed by atoms with van der Waals surface area (Å²) in [6.07, 6.45) is 1.46. The zero-order valence-electron chi connectivity index (χ0n) is 16.5. The van der Waals surface area contributed by atoms with Crippen molar-refractivity contribution in [2.24, 2.45) is 0 Å². The molecule has 0 saturated carbocycles. The summed E-state index contributed by atoms with van der Waals surface area (Å²) in [5.74, 6) is 1.06. The molecule has 0 aliphatic heterocycles. The number of rotatable bonds is 7. The van der Waals surface area contributed by atoms with E-state index in [1.807, 2.05) is 12.1 Å². The first-order valence-corrected chi connectivity index (χ1v) is 9.23. The molecule has 7 nitrogen and oxygen atoms in total. The normalized spacial score (nSPS) is 10.5. The average molecular weight is 417 g/mol. The van der Waals surface area contributed by atoms with Crippen LogP contribution in [0.15, 0.2) is 36.5 Å². The zero-order chi connectivity index (χ0) is 21.0. The van der Waals surface area contributed by atoms with Crippen molar-refractivity contribution in [3.63, 3.8) is 0 Å². The monoisotopic (exact) mass is 416 g/mol. The molecule has 0 aliphatic carbocycles. The minimum absolute atomic E-state index is 0.242. The van der Waals surface area contributed by atoms with Crippen molar-refractivity contribution in [3.05, 3.63) is 47.1 Å². The minimum atomic E-state index is -0.495. The molecule has 0 saturated heterocycles. The summed E-state index contributed by atoms with van der Waals surface area (Å²) in [5.41, 5.74) is 1.94. The Morgan fingerprint density at radius 3 is 2.45 bits per heavy atom. The summed E-state index contributed by atoms with van der Waals surface area (Å²) < 4.78 is 21.3. The lowest BCUT2D eigenvalue weighted by Gasteiger charge is -2.18. The molecule has 1 N–H and O–H groups in total. The SMILES string of the molecule is CCOC(=O)c1cnc2c(OC)cccc2c1Nc1cc(Cl)c(OC)cc1OC. The lowest BCUT2D eigenvalue weighted by atomic mass is 10.1. The minimum Gasteiger partial charge on any atom is -0.495 e. The van der Waals surface area contributed by atoms with Gasteiger partial charge in [0.05, 0.1) is 44.3 Å². The number of hydrogen-bond acceptors (Lipinski definition) is 7. The highest BCUT2D eigenvalue weighted by atomic mass is 35.5. The first-order valence-electron chi connectivity index (χ1n) is 8.85. The number of hydrogen-bond donors (Lipinski definition) is 1. The fourth-order valence-electron chi connectivity index (χ4n) is 2.95. The van der Waals surface area contributed by atoms with E-state index in [1.54, 1.807) is 32.2 Å². The molecule has 29 heavy (non-hydrogen) atoms. The van der Waals surface area contributed by atoms with Gasteiger partial charge < -0.3 is 24.3 Å². The number of aromatic nitrogens is 1. The molecule has 0 bridgehead atoms. The van der Waals surface area contributed by atoms with Gasteiger partial charge in [-0.25, -0.2) is 4.79 Å². The molecule has 3 rings (SSSR count). The summed E-state index contributed by atoms with van der Waals surface area (Å²) in [7, 11) is 4.62. The third kappa shape index (κ3) is 4.00. The smallest absolute Gasteiger partial charge is 0.341 e. The van der Waals surface area contributed by atoms with E-state index >= 15 is 0 Å². The van der Waals surface area contributed by atoms with Crippen LogP contribution in [0.4, 0.5) is 11.4 Å². The number of pyridine rings is 1. The topological polar surface area (TPSA) is 78.9 Å². The second-order valence-electron chi connectivity index (χ2n) is 5.94. The number of fused-ring (bicyclic) bond motifs is 1. The molecule has 3 aromatic rings. The van der Waals surface area contributed by atoms with Gasteiger partial charge in [0.1, 0.15) is 28.3 Å². The zero-order valence-corrected chi connectivity index (χ0v) is 17.3. The summed E-state index contributed by atoms with van der Waals surface area (Å²) in [4.78, 5) is 17.0. The fraction of sp³-hybridized carbons (Fsp3) is 0.238. The molecule has 0 radical (unpaired) electrons. The largest absolute Gasteiger partial charge is 0.495 e. The number of anilines is 2. The number of halogens is 1. The van der Waals surface area contributed by atoms with Crippen molar-refractivity contribution in [3.8, 4) is 17.2 Å². The molecule has 0 unspecified atom stereocenters. The van der Waals surface area contributed by atoms with Crippen molar-refractivity contribution >= 4 is 39.8 Å². The Morgan fingerprint density at radius 1 is 1.07 bits per heavy atom. The number of benzene rings is 2. The van der Waals surface area contributed by atoms with Crippen LogP contribution in [0.25, 0.3) is 10.9 Å². The Balaban J connectivity index is 2.23. The van der Waals surface area contributed by atoms with Crippen LogP contribution >= 0.6 is 11.6 Å². The predicted molar refractivity (Wildman–Crippen MR) is 112 cm³/mol. The van der Waals surface area contributed by atoms with Crippen molar-refractivity contribution in [2.75, 3.05) is 33.3 Å². The van der Waals surface area contributed by atoms with Gasteiger partial charge in [-0.15, -0.1) is 0 Å². The van der Waals surface area contributed by atoms with Gasteiger partial charge in [0.2, 0.25) is 0 Å². The van der Waals surface area contributed by atoms with E-state index in [9.17, 15) is 4.79 Å². The van der Waals surface area contributed by atoms with E-state index in [2.05, 4.69) is 10.3 Å². The lowest BCUT2D eigenvalue weighted by Crippen LogP contribution is -2.10. The van der Waals surface area contributed by atoms with Crippen molar-refractivity contribution in [1.29, 1.82) is 0 Å². The van der Waals surface area contributed by atoms with Gasteiger partial charge in [0.25, 0.3) is 0 Å². The van der Waals surface area contributed by atoms with Crippen molar-refractivity contribution in [1.82, 2.24) is 4.98 Å². The van der Waals surface area contributed by atoms with Gasteiger partial charge in [-0.2, -0.15) is 0 Å². The molecule has 2 aromatic carbocycles. The summed E-state index contributed by atoms with van der Waals surface area (Å²) >= 11 is 6.30. The van der Waals surface area contributed by atoms with Gasteiger partial charge in [-0.3, -0.25) is 4.98 Å². The molecule has 0 fully saturated rings. The first-order chi connectivity index (χ1) is 14.0. The third-order valence-corrected chi connectivity index (χ3v) is 4.60. The number of carbonyl (C=O) groups excluding carboxylic acids is 1. The Morgan fingerprint density at radius 2 is 1.79 bits per heavy atom. The van der Waals surface area contributed by atoms with Crippen LogP contribution in [0.1, 0.15) is 17.3 Å². The van der Waals surface area contributed by atoms with Crippen molar-refractivity contribution < 1.29 is 23.7 Å². The van der Waals surface area contributed by atoms with Crippen LogP contribution < -0.4 is 19.5 Å². The Hall–Kier alpha value is -3.19. The third-order valence-electron chi connectivity index (χ3n) is 4.31. The average Bonchev–Trinajstić information content (AvgIpc) is 2.73. The van der Waals surface area contributed by atoms with Crippen LogP contribution in [-0.2, 0) is 4.74 Å². The van der Waals surface area contributed by atoms with Crippen LogP contribution in [0.5, 0.6) is 17.2 Å². The first kappa shape index (κ1) is 20.5. The molecular formula is C21H21ClN2O5. The van der Waals surface area contributed by atoms with E-state index in [4.69, 9.17) is 30.5 Å². The van der Waals surface area contributed by atoms with Crippen LogP contribution in [-0.4, -0.2) is 38.9 Å². The maximum atomic E-state index is 12.6. The van der Waals surface area contributed by atoms with Gasteiger partial charge >= 0.3 is 5.97 Å². The van der Waals surface area contributed by atoms with Gasteiger partial charge in [-0.05, 0) is 19.1 Å². The number of esters is 1. The number of para-hydroxylation sites is 1. The summed E-state index contributed by atoms with van der Waals surface area (Å²) in [6, 6.07) is 8.79. The molecule has 0 atom stereocenters. The number of methoxy groups -OCH3 is 3. The Kier molecular flexibility index (Phi) is 6.29. The molecular weight excluding hydrogens is 396 g/mol. The van der Waals surface area contributed by atoms with E-state index in [0.717, 1.165) is 0 Å². The standard InChI is InChI=1S/C21H21ClN2O5/c1-5-29-21(25)13-11-23-20-12(7-6-8-16(20)26-2)19(13)24-15-9-14(22)17(27-3)10-18(15)28-4/h6-11H,5H2,1-4H3,(H,23,24). The maximum absolute atomic E-state index is 12.6. The predicted octanol–water partition coefficient (Wildman–Crippen LogP) is 4.83. The highest BCUT2D eigenvalue weighted by Gasteiger charge is 2.20. The van der Waals surface area contributed by atoms with Crippen LogP contribution in [0.3, 0.4) is 0 Å². The van der Waals surface area contributed by atoms with E-state index in [-0.39, 0.29) is 12.2 Å². The number of nitrogens with zero attached hydrogens (tertiary/aromatic N) is 1. The molecule has 0 amide bonds. The van der Waals surface area contributed by atoms with E-state index < -0.39 is 5.97 Å². The number of carbonyl (C=O) groups is 1. The molecule has 1 aromatic heterocycles. The van der Waals surface area contributed by atoms with Crippen LogP contribution in [0.2, 0.25) is 5.02 Å². The lowest BCUT2D eigenvalue weighted by molar-refractivity contribution is 0.0527. The Bertz CT molecular complexity index is 1050. The van der Waals surface area contributed by atoms with Gasteiger partial charge in [0.15, 0.2) is 0 Å².